The molecule has 2 aromatic rings. The van der Waals surface area contributed by atoms with Gasteiger partial charge in [-0.2, -0.15) is 0 Å². The summed E-state index contributed by atoms with van der Waals surface area (Å²) in [6, 6.07) is 18.4. The fraction of sp³-hybridized carbons (Fsp3) is 0.562. The lowest BCUT2D eigenvalue weighted by atomic mass is 9.51. The molecule has 2 fully saturated rings. The van der Waals surface area contributed by atoms with Crippen molar-refractivity contribution >= 4 is 11.8 Å². The molecule has 2 aliphatic carbocycles. The van der Waals surface area contributed by atoms with Crippen LogP contribution in [0.1, 0.15) is 62.9 Å². The lowest BCUT2D eigenvalue weighted by Gasteiger charge is -2.59. The van der Waals surface area contributed by atoms with Gasteiger partial charge in [-0.1, -0.05) is 76.2 Å². The van der Waals surface area contributed by atoms with Gasteiger partial charge in [-0.25, -0.2) is 4.79 Å². The molecule has 40 heavy (non-hydrogen) atoms. The normalized spacial score (nSPS) is 29.3. The van der Waals surface area contributed by atoms with Crippen molar-refractivity contribution < 1.29 is 38.4 Å². The number of carbonyl (C=O) groups is 2. The van der Waals surface area contributed by atoms with Crippen molar-refractivity contribution in [2.45, 2.75) is 77.5 Å². The van der Waals surface area contributed by atoms with Gasteiger partial charge in [0.05, 0.1) is 24.4 Å². The molecular weight excluding hydrogens is 512 g/mol. The van der Waals surface area contributed by atoms with E-state index in [1.807, 2.05) is 64.1 Å². The largest absolute Gasteiger partial charge is 0.455 e. The van der Waals surface area contributed by atoms with E-state index in [2.05, 4.69) is 0 Å². The van der Waals surface area contributed by atoms with Gasteiger partial charge in [-0.05, 0) is 41.9 Å². The first kappa shape index (κ1) is 30.3. The Balaban J connectivity index is 1.67. The summed E-state index contributed by atoms with van der Waals surface area (Å²) in [5.41, 5.74) is -2.24. The second-order valence-corrected chi connectivity index (χ2v) is 12.1. The maximum Gasteiger partial charge on any atom is 0.338 e. The Kier molecular flexibility index (Phi) is 9.47. The highest BCUT2D eigenvalue weighted by molar-refractivity contribution is 5.92. The average molecular weight is 555 g/mol. The number of ketones is 1. The van der Waals surface area contributed by atoms with Gasteiger partial charge < -0.3 is 28.8 Å². The van der Waals surface area contributed by atoms with Crippen molar-refractivity contribution in [3.63, 3.8) is 0 Å². The van der Waals surface area contributed by atoms with Gasteiger partial charge in [0.25, 0.3) is 0 Å². The van der Waals surface area contributed by atoms with Crippen LogP contribution in [0.3, 0.4) is 0 Å². The smallest absolute Gasteiger partial charge is 0.338 e. The Morgan fingerprint density at radius 3 is 2.25 bits per heavy atom. The summed E-state index contributed by atoms with van der Waals surface area (Å²) in [6.07, 6.45) is -1.34. The predicted octanol–water partition coefficient (Wildman–Crippen LogP) is 4.93. The fourth-order valence-electron chi connectivity index (χ4n) is 6.47. The van der Waals surface area contributed by atoms with Crippen LogP contribution >= 0.6 is 0 Å². The number of ether oxygens (including phenoxy) is 5. The number of benzene rings is 2. The van der Waals surface area contributed by atoms with E-state index < -0.39 is 40.7 Å². The number of hydrogen-bond donors (Lipinski definition) is 1. The van der Waals surface area contributed by atoms with Crippen LogP contribution < -0.4 is 0 Å². The second kappa shape index (κ2) is 12.5. The van der Waals surface area contributed by atoms with E-state index in [0.717, 1.165) is 5.56 Å². The van der Waals surface area contributed by atoms with Crippen molar-refractivity contribution in [1.29, 1.82) is 0 Å². The quantitative estimate of drug-likeness (QED) is 0.251. The summed E-state index contributed by atoms with van der Waals surface area (Å²) in [6.45, 7) is 8.08. The molecule has 8 heteroatoms. The highest BCUT2D eigenvalue weighted by Gasteiger charge is 2.66. The summed E-state index contributed by atoms with van der Waals surface area (Å²) >= 11 is 0. The van der Waals surface area contributed by atoms with Gasteiger partial charge >= 0.3 is 5.97 Å². The Hall–Kier alpha value is -2.62. The summed E-state index contributed by atoms with van der Waals surface area (Å²) in [4.78, 5) is 26.8. The first-order valence-corrected chi connectivity index (χ1v) is 13.9. The molecule has 218 valence electrons. The molecule has 0 aromatic heterocycles. The van der Waals surface area contributed by atoms with E-state index in [1.54, 1.807) is 31.4 Å². The number of fused-ring (bicyclic) bond motifs is 2. The van der Waals surface area contributed by atoms with Crippen molar-refractivity contribution in [1.82, 2.24) is 0 Å². The van der Waals surface area contributed by atoms with Crippen molar-refractivity contribution in [2.24, 2.45) is 16.7 Å². The maximum absolute atomic E-state index is 13.5. The maximum atomic E-state index is 13.5. The zero-order valence-electron chi connectivity index (χ0n) is 24.1. The topological polar surface area (TPSA) is 101 Å². The standard InChI is InChI=1S/C32H42O8/c1-30(2)18-26(40-29(34)23-14-10-7-11-15-23)32(35)25(33)17-16-24(31(32,3)4)27(38-20-36-5)28(30)39-21-37-19-22-12-8-6-9-13-22/h6-15,24,26-28,35H,16-21H2,1-5H3/t24-,26-,27-,28-,32-/m1/s1. The zero-order chi connectivity index (χ0) is 29.0. The molecule has 5 atom stereocenters. The van der Waals surface area contributed by atoms with Gasteiger partial charge in [0, 0.05) is 18.9 Å². The minimum absolute atomic E-state index is 0.0145. The van der Waals surface area contributed by atoms with E-state index in [4.69, 9.17) is 23.7 Å². The van der Waals surface area contributed by atoms with E-state index in [9.17, 15) is 14.7 Å². The number of hydrogen-bond acceptors (Lipinski definition) is 8. The molecular formula is C32H42O8. The number of carbonyl (C=O) groups excluding carboxylic acids is 2. The number of Topliss-reactive ketones (excluding diaryl/α,β-unsaturated/α-hetero) is 1. The zero-order valence-corrected chi connectivity index (χ0v) is 24.1. The van der Waals surface area contributed by atoms with Crippen molar-refractivity contribution in [3.8, 4) is 0 Å². The summed E-state index contributed by atoms with van der Waals surface area (Å²) < 4.78 is 29.9. The van der Waals surface area contributed by atoms with E-state index in [1.165, 1.54) is 0 Å². The van der Waals surface area contributed by atoms with Crippen LogP contribution in [0.25, 0.3) is 0 Å². The summed E-state index contributed by atoms with van der Waals surface area (Å²) in [5.74, 6) is -1.22. The third kappa shape index (κ3) is 6.02. The Bertz CT molecular complexity index is 1130. The van der Waals surface area contributed by atoms with Crippen LogP contribution in [0.2, 0.25) is 0 Å². The fourth-order valence-corrected chi connectivity index (χ4v) is 6.47. The molecule has 0 heterocycles. The Morgan fingerprint density at radius 2 is 1.60 bits per heavy atom. The highest BCUT2D eigenvalue weighted by atomic mass is 16.7. The second-order valence-electron chi connectivity index (χ2n) is 12.1. The monoisotopic (exact) mass is 554 g/mol. The van der Waals surface area contributed by atoms with E-state index in [-0.39, 0.29) is 38.1 Å². The third-order valence-electron chi connectivity index (χ3n) is 8.74. The number of esters is 1. The first-order valence-electron chi connectivity index (χ1n) is 13.9. The lowest BCUT2D eigenvalue weighted by molar-refractivity contribution is -0.266. The molecule has 0 unspecified atom stereocenters. The minimum atomic E-state index is -1.92. The Morgan fingerprint density at radius 1 is 0.950 bits per heavy atom. The Labute approximate surface area is 236 Å². The predicted molar refractivity (Wildman–Crippen MR) is 148 cm³/mol. The van der Waals surface area contributed by atoms with Crippen molar-refractivity contribution in [3.05, 3.63) is 71.8 Å². The van der Waals surface area contributed by atoms with Crippen LogP contribution in [0.5, 0.6) is 0 Å². The average Bonchev–Trinajstić information content (AvgIpc) is 2.93. The van der Waals surface area contributed by atoms with Crippen molar-refractivity contribution in [2.75, 3.05) is 20.7 Å². The van der Waals surface area contributed by atoms with Gasteiger partial charge in [0.1, 0.15) is 19.7 Å². The lowest BCUT2D eigenvalue weighted by Crippen LogP contribution is -2.71. The third-order valence-corrected chi connectivity index (χ3v) is 8.74. The molecule has 1 N–H and O–H groups in total. The molecule has 0 saturated heterocycles. The number of aliphatic hydroxyl groups is 1. The van der Waals surface area contributed by atoms with Gasteiger partial charge in [-0.15, -0.1) is 0 Å². The molecule has 8 nitrogen and oxygen atoms in total. The van der Waals surface area contributed by atoms with Crippen LogP contribution in [-0.2, 0) is 35.1 Å². The molecule has 2 saturated carbocycles. The molecule has 0 spiro atoms. The molecule has 0 aliphatic heterocycles. The van der Waals surface area contributed by atoms with E-state index in [0.29, 0.717) is 18.6 Å². The molecule has 4 rings (SSSR count). The molecule has 2 bridgehead atoms. The van der Waals surface area contributed by atoms with E-state index >= 15 is 0 Å². The first-order chi connectivity index (χ1) is 19.0. The number of methoxy groups -OCH3 is 1. The molecule has 0 radical (unpaired) electrons. The molecule has 0 amide bonds. The molecule has 2 aromatic carbocycles. The summed E-state index contributed by atoms with van der Waals surface area (Å²) in [5, 5.41) is 12.3. The summed E-state index contributed by atoms with van der Waals surface area (Å²) in [7, 11) is 1.55. The highest BCUT2D eigenvalue weighted by Crippen LogP contribution is 2.56. The van der Waals surface area contributed by atoms with Gasteiger partial charge in [0.15, 0.2) is 11.4 Å². The van der Waals surface area contributed by atoms with Crippen LogP contribution in [0.4, 0.5) is 0 Å². The van der Waals surface area contributed by atoms with Gasteiger partial charge in [0.2, 0.25) is 0 Å². The van der Waals surface area contributed by atoms with Crippen LogP contribution in [0, 0.1) is 16.7 Å². The minimum Gasteiger partial charge on any atom is -0.455 e. The van der Waals surface area contributed by atoms with Crippen LogP contribution in [-0.4, -0.2) is 61.5 Å². The SMILES string of the molecule is COCO[C@H]1[C@@H](OCOCc2ccccc2)C(C)(C)C[C@@H](OC(=O)c2ccccc2)[C@]2(O)C(=O)CC[C@H]1C2(C)C. The van der Waals surface area contributed by atoms with Gasteiger partial charge in [-0.3, -0.25) is 4.79 Å². The number of rotatable bonds is 10. The van der Waals surface area contributed by atoms with Crippen LogP contribution in [0.15, 0.2) is 60.7 Å². The molecule has 2 aliphatic rings.